The van der Waals surface area contributed by atoms with Gasteiger partial charge in [-0.3, -0.25) is 4.79 Å². The average Bonchev–Trinajstić information content (AvgIpc) is 3.05. The van der Waals surface area contributed by atoms with Crippen LogP contribution in [0.5, 0.6) is 0 Å². The van der Waals surface area contributed by atoms with Crippen LogP contribution in [0.25, 0.3) is 0 Å². The molecular formula is C12H15N3O2S2. The van der Waals surface area contributed by atoms with Crippen molar-refractivity contribution in [2.75, 3.05) is 12.4 Å². The molecule has 2 heterocycles. The van der Waals surface area contributed by atoms with Crippen molar-refractivity contribution in [1.82, 2.24) is 9.97 Å². The summed E-state index contributed by atoms with van der Waals surface area (Å²) < 4.78 is 4.60. The largest absolute Gasteiger partial charge is 0.469 e. The van der Waals surface area contributed by atoms with Crippen LogP contribution in [0.2, 0.25) is 0 Å². The molecule has 7 heteroatoms. The van der Waals surface area contributed by atoms with Crippen LogP contribution in [-0.4, -0.2) is 23.0 Å². The minimum Gasteiger partial charge on any atom is -0.469 e. The number of nitrogens with one attached hydrogen (secondary N) is 1. The van der Waals surface area contributed by atoms with Gasteiger partial charge in [-0.15, -0.1) is 22.7 Å². The van der Waals surface area contributed by atoms with E-state index in [9.17, 15) is 4.79 Å². The molecule has 102 valence electrons. The maximum Gasteiger partial charge on any atom is 0.311 e. The smallest absolute Gasteiger partial charge is 0.311 e. The third-order valence-electron chi connectivity index (χ3n) is 2.45. The van der Waals surface area contributed by atoms with Crippen molar-refractivity contribution in [3.8, 4) is 0 Å². The molecule has 0 fully saturated rings. The van der Waals surface area contributed by atoms with E-state index in [0.29, 0.717) is 6.54 Å². The summed E-state index contributed by atoms with van der Waals surface area (Å²) in [6, 6.07) is 0. The normalized spacial score (nSPS) is 10.4. The van der Waals surface area contributed by atoms with Gasteiger partial charge in [0.1, 0.15) is 5.01 Å². The van der Waals surface area contributed by atoms with Crippen LogP contribution in [0, 0.1) is 0 Å². The molecule has 0 bridgehead atoms. The maximum atomic E-state index is 11.1. The molecule has 1 N–H and O–H groups in total. The van der Waals surface area contributed by atoms with Gasteiger partial charge < -0.3 is 10.1 Å². The highest BCUT2D eigenvalue weighted by atomic mass is 32.1. The Morgan fingerprint density at radius 2 is 2.37 bits per heavy atom. The van der Waals surface area contributed by atoms with Gasteiger partial charge in [0.15, 0.2) is 5.13 Å². The molecule has 0 amide bonds. The van der Waals surface area contributed by atoms with Crippen molar-refractivity contribution in [1.29, 1.82) is 0 Å². The first kappa shape index (κ1) is 14.0. The molecular weight excluding hydrogens is 282 g/mol. The SMILES string of the molecule is CCc1cnc(CNc2nc(CC(=O)OC)cs2)s1. The molecule has 0 aromatic carbocycles. The number of aryl methyl sites for hydroxylation is 1. The molecule has 0 unspecified atom stereocenters. The molecule has 19 heavy (non-hydrogen) atoms. The molecule has 0 aliphatic heterocycles. The molecule has 0 radical (unpaired) electrons. The second kappa shape index (κ2) is 6.63. The van der Waals surface area contributed by atoms with E-state index >= 15 is 0 Å². The van der Waals surface area contributed by atoms with E-state index < -0.39 is 0 Å². The maximum absolute atomic E-state index is 11.1. The van der Waals surface area contributed by atoms with Crippen LogP contribution in [0.15, 0.2) is 11.6 Å². The Morgan fingerprint density at radius 1 is 1.53 bits per heavy atom. The zero-order valence-electron chi connectivity index (χ0n) is 10.8. The quantitative estimate of drug-likeness (QED) is 0.830. The molecule has 0 atom stereocenters. The fraction of sp³-hybridized carbons (Fsp3) is 0.417. The predicted octanol–water partition coefficient (Wildman–Crippen LogP) is 2.49. The number of aromatic nitrogens is 2. The fourth-order valence-electron chi connectivity index (χ4n) is 1.43. The summed E-state index contributed by atoms with van der Waals surface area (Å²) in [6.45, 7) is 2.78. The van der Waals surface area contributed by atoms with E-state index in [-0.39, 0.29) is 12.4 Å². The Labute approximate surface area is 119 Å². The summed E-state index contributed by atoms with van der Waals surface area (Å²) in [5.41, 5.74) is 0.729. The van der Waals surface area contributed by atoms with E-state index in [1.165, 1.54) is 23.3 Å². The van der Waals surface area contributed by atoms with Gasteiger partial charge in [-0.2, -0.15) is 0 Å². The molecule has 0 saturated heterocycles. The minimum atomic E-state index is -0.274. The predicted molar refractivity (Wildman–Crippen MR) is 76.7 cm³/mol. The monoisotopic (exact) mass is 297 g/mol. The summed E-state index contributed by atoms with van der Waals surface area (Å²) in [7, 11) is 1.38. The summed E-state index contributed by atoms with van der Waals surface area (Å²) in [5, 5.41) is 6.91. The number of hydrogen-bond donors (Lipinski definition) is 1. The Kier molecular flexibility index (Phi) is 4.86. The average molecular weight is 297 g/mol. The summed E-state index contributed by atoms with van der Waals surface area (Å²) in [6.07, 6.45) is 3.14. The van der Waals surface area contributed by atoms with Crippen LogP contribution in [0.3, 0.4) is 0 Å². The number of rotatable bonds is 6. The van der Waals surface area contributed by atoms with Gasteiger partial charge in [0.05, 0.1) is 25.8 Å². The Bertz CT molecular complexity index is 551. The first-order valence-electron chi connectivity index (χ1n) is 5.90. The lowest BCUT2D eigenvalue weighted by Gasteiger charge is -1.98. The fourth-order valence-corrected chi connectivity index (χ4v) is 2.95. The standard InChI is InChI=1S/C12H15N3O2S2/c1-3-9-5-13-10(19-9)6-14-12-15-8(7-18-12)4-11(16)17-2/h5,7H,3-4,6H2,1-2H3,(H,14,15). The molecule has 0 aliphatic carbocycles. The van der Waals surface area contributed by atoms with Crippen LogP contribution < -0.4 is 5.32 Å². The number of nitrogens with zero attached hydrogens (tertiary/aromatic N) is 2. The molecule has 0 saturated carbocycles. The van der Waals surface area contributed by atoms with Crippen molar-refractivity contribution in [3.05, 3.63) is 27.2 Å². The van der Waals surface area contributed by atoms with Gasteiger partial charge in [-0.25, -0.2) is 9.97 Å². The third-order valence-corrected chi connectivity index (χ3v) is 4.44. The zero-order valence-corrected chi connectivity index (χ0v) is 12.4. The molecule has 0 spiro atoms. The van der Waals surface area contributed by atoms with Gasteiger partial charge in [0, 0.05) is 16.5 Å². The highest BCUT2D eigenvalue weighted by Crippen LogP contribution is 2.19. The van der Waals surface area contributed by atoms with Crippen molar-refractivity contribution in [3.63, 3.8) is 0 Å². The first-order valence-corrected chi connectivity index (χ1v) is 7.59. The van der Waals surface area contributed by atoms with Crippen molar-refractivity contribution in [2.45, 2.75) is 26.3 Å². The Hall–Kier alpha value is -1.47. The summed E-state index contributed by atoms with van der Waals surface area (Å²) in [4.78, 5) is 21.1. The summed E-state index contributed by atoms with van der Waals surface area (Å²) >= 11 is 3.18. The number of thiazole rings is 2. The van der Waals surface area contributed by atoms with Gasteiger partial charge in [0.2, 0.25) is 0 Å². The number of methoxy groups -OCH3 is 1. The van der Waals surface area contributed by atoms with Gasteiger partial charge in [-0.05, 0) is 6.42 Å². The van der Waals surface area contributed by atoms with Crippen LogP contribution in [-0.2, 0) is 28.9 Å². The number of ether oxygens (including phenoxy) is 1. The van der Waals surface area contributed by atoms with Gasteiger partial charge in [-0.1, -0.05) is 6.92 Å². The lowest BCUT2D eigenvalue weighted by atomic mass is 10.3. The number of anilines is 1. The zero-order chi connectivity index (χ0) is 13.7. The lowest BCUT2D eigenvalue weighted by molar-refractivity contribution is -0.139. The van der Waals surface area contributed by atoms with Crippen LogP contribution in [0.1, 0.15) is 22.5 Å². The van der Waals surface area contributed by atoms with Crippen molar-refractivity contribution in [2.24, 2.45) is 0 Å². The van der Waals surface area contributed by atoms with Crippen molar-refractivity contribution >= 4 is 33.8 Å². The molecule has 5 nitrogen and oxygen atoms in total. The number of esters is 1. The van der Waals surface area contributed by atoms with Crippen LogP contribution >= 0.6 is 22.7 Å². The highest BCUT2D eigenvalue weighted by molar-refractivity contribution is 7.13. The second-order valence-corrected chi connectivity index (χ2v) is 5.88. The Balaban J connectivity index is 1.87. The number of carbonyl (C=O) groups is 1. The minimum absolute atomic E-state index is 0.214. The van der Waals surface area contributed by atoms with Crippen LogP contribution in [0.4, 0.5) is 5.13 Å². The van der Waals surface area contributed by atoms with Gasteiger partial charge in [0.25, 0.3) is 0 Å². The Morgan fingerprint density at radius 3 is 3.05 bits per heavy atom. The van der Waals surface area contributed by atoms with E-state index in [2.05, 4.69) is 26.9 Å². The van der Waals surface area contributed by atoms with E-state index in [4.69, 9.17) is 0 Å². The third kappa shape index (κ3) is 4.00. The topological polar surface area (TPSA) is 64.1 Å². The highest BCUT2D eigenvalue weighted by Gasteiger charge is 2.08. The second-order valence-electron chi connectivity index (χ2n) is 3.82. The molecule has 0 aliphatic rings. The van der Waals surface area contributed by atoms with E-state index in [1.807, 2.05) is 11.6 Å². The number of hydrogen-bond acceptors (Lipinski definition) is 7. The van der Waals surface area contributed by atoms with Crippen molar-refractivity contribution < 1.29 is 9.53 Å². The number of carbonyl (C=O) groups excluding carboxylic acids is 1. The summed E-state index contributed by atoms with van der Waals surface area (Å²) in [5.74, 6) is -0.274. The molecule has 2 aromatic heterocycles. The van der Waals surface area contributed by atoms with E-state index in [0.717, 1.165) is 22.3 Å². The molecule has 2 aromatic rings. The first-order chi connectivity index (χ1) is 9.21. The van der Waals surface area contributed by atoms with Gasteiger partial charge >= 0.3 is 5.97 Å². The lowest BCUT2D eigenvalue weighted by Crippen LogP contribution is -2.05. The van der Waals surface area contributed by atoms with E-state index in [1.54, 1.807) is 11.3 Å². The molecule has 2 rings (SSSR count).